The lowest BCUT2D eigenvalue weighted by Gasteiger charge is -2.06. The Bertz CT molecular complexity index is 369. The number of hydrogen-bond acceptors (Lipinski definition) is 3. The van der Waals surface area contributed by atoms with Crippen LogP contribution in [-0.2, 0) is 6.42 Å². The standard InChI is InChI=1S/C11H11NO2/c13-10(11-2-1-7-14-11)8-9-3-5-12-6-4-9/h1-7,10,13H,8H2. The summed E-state index contributed by atoms with van der Waals surface area (Å²) in [6.45, 7) is 0. The molecular formula is C11H11NO2. The molecule has 1 unspecified atom stereocenters. The van der Waals surface area contributed by atoms with Crippen LogP contribution in [0, 0.1) is 0 Å². The second kappa shape index (κ2) is 4.07. The fourth-order valence-electron chi connectivity index (χ4n) is 1.32. The van der Waals surface area contributed by atoms with E-state index in [1.54, 1.807) is 30.8 Å². The molecule has 0 spiro atoms. The molecule has 1 atom stereocenters. The van der Waals surface area contributed by atoms with Crippen molar-refractivity contribution in [2.75, 3.05) is 0 Å². The smallest absolute Gasteiger partial charge is 0.132 e. The Balaban J connectivity index is 2.06. The van der Waals surface area contributed by atoms with E-state index in [2.05, 4.69) is 4.98 Å². The lowest BCUT2D eigenvalue weighted by molar-refractivity contribution is 0.150. The van der Waals surface area contributed by atoms with E-state index >= 15 is 0 Å². The van der Waals surface area contributed by atoms with Gasteiger partial charge in [-0.05, 0) is 29.8 Å². The molecule has 2 aromatic rings. The molecule has 0 aliphatic rings. The summed E-state index contributed by atoms with van der Waals surface area (Å²) in [7, 11) is 0. The van der Waals surface area contributed by atoms with Gasteiger partial charge in [-0.3, -0.25) is 4.98 Å². The number of aromatic nitrogens is 1. The first-order valence-corrected chi connectivity index (χ1v) is 4.46. The lowest BCUT2D eigenvalue weighted by Crippen LogP contribution is -2.00. The van der Waals surface area contributed by atoms with Crippen LogP contribution in [0.4, 0.5) is 0 Å². The molecule has 0 fully saturated rings. The van der Waals surface area contributed by atoms with Crippen molar-refractivity contribution in [1.82, 2.24) is 4.98 Å². The Kier molecular flexibility index (Phi) is 2.60. The molecule has 0 saturated heterocycles. The van der Waals surface area contributed by atoms with Gasteiger partial charge in [0.05, 0.1) is 6.26 Å². The highest BCUT2D eigenvalue weighted by Gasteiger charge is 2.10. The van der Waals surface area contributed by atoms with Crippen molar-refractivity contribution in [3.8, 4) is 0 Å². The van der Waals surface area contributed by atoms with Gasteiger partial charge in [0.1, 0.15) is 11.9 Å². The average molecular weight is 189 g/mol. The number of pyridine rings is 1. The molecule has 1 N–H and O–H groups in total. The normalized spacial score (nSPS) is 12.6. The zero-order valence-corrected chi connectivity index (χ0v) is 7.63. The summed E-state index contributed by atoms with van der Waals surface area (Å²) >= 11 is 0. The van der Waals surface area contributed by atoms with Gasteiger partial charge in [0.15, 0.2) is 0 Å². The van der Waals surface area contributed by atoms with E-state index in [1.807, 2.05) is 12.1 Å². The van der Waals surface area contributed by atoms with Gasteiger partial charge < -0.3 is 9.52 Å². The second-order valence-electron chi connectivity index (χ2n) is 3.09. The van der Waals surface area contributed by atoms with Crippen LogP contribution >= 0.6 is 0 Å². The van der Waals surface area contributed by atoms with Crippen molar-refractivity contribution in [2.45, 2.75) is 12.5 Å². The highest BCUT2D eigenvalue weighted by atomic mass is 16.4. The number of rotatable bonds is 3. The highest BCUT2D eigenvalue weighted by molar-refractivity contribution is 5.13. The van der Waals surface area contributed by atoms with E-state index < -0.39 is 6.10 Å². The van der Waals surface area contributed by atoms with E-state index in [9.17, 15) is 5.11 Å². The van der Waals surface area contributed by atoms with E-state index in [4.69, 9.17) is 4.42 Å². The minimum Gasteiger partial charge on any atom is -0.467 e. The van der Waals surface area contributed by atoms with Crippen LogP contribution in [0.1, 0.15) is 17.4 Å². The van der Waals surface area contributed by atoms with Gasteiger partial charge in [0.2, 0.25) is 0 Å². The fourth-order valence-corrected chi connectivity index (χ4v) is 1.32. The van der Waals surface area contributed by atoms with Crippen molar-refractivity contribution in [3.05, 3.63) is 54.2 Å². The van der Waals surface area contributed by atoms with Crippen LogP contribution < -0.4 is 0 Å². The van der Waals surface area contributed by atoms with Gasteiger partial charge in [-0.15, -0.1) is 0 Å². The van der Waals surface area contributed by atoms with Crippen molar-refractivity contribution in [2.24, 2.45) is 0 Å². The second-order valence-corrected chi connectivity index (χ2v) is 3.09. The molecule has 2 rings (SSSR count). The van der Waals surface area contributed by atoms with Crippen molar-refractivity contribution < 1.29 is 9.52 Å². The molecule has 0 aliphatic carbocycles. The molecule has 0 aromatic carbocycles. The number of aliphatic hydroxyl groups is 1. The van der Waals surface area contributed by atoms with Crippen LogP contribution in [0.5, 0.6) is 0 Å². The van der Waals surface area contributed by atoms with Crippen molar-refractivity contribution in [1.29, 1.82) is 0 Å². The maximum absolute atomic E-state index is 9.75. The maximum atomic E-state index is 9.75. The Morgan fingerprint density at radius 2 is 2.07 bits per heavy atom. The van der Waals surface area contributed by atoms with E-state index in [0.717, 1.165) is 5.56 Å². The topological polar surface area (TPSA) is 46.3 Å². The van der Waals surface area contributed by atoms with Gasteiger partial charge in [-0.1, -0.05) is 0 Å². The molecule has 0 radical (unpaired) electrons. The third-order valence-corrected chi connectivity index (χ3v) is 2.05. The van der Waals surface area contributed by atoms with Crippen LogP contribution in [0.2, 0.25) is 0 Å². The summed E-state index contributed by atoms with van der Waals surface area (Å²) in [6.07, 6.45) is 4.96. The zero-order valence-electron chi connectivity index (χ0n) is 7.63. The largest absolute Gasteiger partial charge is 0.467 e. The van der Waals surface area contributed by atoms with Crippen LogP contribution in [0.3, 0.4) is 0 Å². The van der Waals surface area contributed by atoms with Crippen LogP contribution in [0.15, 0.2) is 47.3 Å². The summed E-state index contributed by atoms with van der Waals surface area (Å²) in [6, 6.07) is 7.30. The molecule has 0 aliphatic heterocycles. The van der Waals surface area contributed by atoms with E-state index in [-0.39, 0.29) is 0 Å². The molecule has 0 bridgehead atoms. The molecule has 0 amide bonds. The van der Waals surface area contributed by atoms with Gasteiger partial charge in [0.25, 0.3) is 0 Å². The number of nitrogens with zero attached hydrogens (tertiary/aromatic N) is 1. The summed E-state index contributed by atoms with van der Waals surface area (Å²) in [4.78, 5) is 3.91. The van der Waals surface area contributed by atoms with Crippen molar-refractivity contribution >= 4 is 0 Å². The first-order chi connectivity index (χ1) is 6.86. The fraction of sp³-hybridized carbons (Fsp3) is 0.182. The van der Waals surface area contributed by atoms with Gasteiger partial charge in [-0.25, -0.2) is 0 Å². The Morgan fingerprint density at radius 1 is 1.29 bits per heavy atom. The number of furan rings is 1. The molecular weight excluding hydrogens is 178 g/mol. The summed E-state index contributed by atoms with van der Waals surface area (Å²) in [5.41, 5.74) is 1.05. The summed E-state index contributed by atoms with van der Waals surface area (Å²) in [5, 5.41) is 9.75. The van der Waals surface area contributed by atoms with Crippen LogP contribution in [-0.4, -0.2) is 10.1 Å². The Labute approximate surface area is 82.0 Å². The molecule has 2 aromatic heterocycles. The molecule has 2 heterocycles. The predicted molar refractivity (Wildman–Crippen MR) is 51.6 cm³/mol. The minimum absolute atomic E-state index is 0.552. The van der Waals surface area contributed by atoms with Crippen molar-refractivity contribution in [3.63, 3.8) is 0 Å². The first-order valence-electron chi connectivity index (χ1n) is 4.46. The SMILES string of the molecule is OC(Cc1ccncc1)c1ccco1. The van der Waals surface area contributed by atoms with Gasteiger partial charge in [-0.2, -0.15) is 0 Å². The van der Waals surface area contributed by atoms with E-state index in [0.29, 0.717) is 12.2 Å². The zero-order chi connectivity index (χ0) is 9.80. The number of hydrogen-bond donors (Lipinski definition) is 1. The highest BCUT2D eigenvalue weighted by Crippen LogP contribution is 2.17. The predicted octanol–water partition coefficient (Wildman–Crippen LogP) is 1.95. The minimum atomic E-state index is -0.576. The van der Waals surface area contributed by atoms with Gasteiger partial charge in [0, 0.05) is 18.8 Å². The molecule has 3 nitrogen and oxygen atoms in total. The third kappa shape index (κ3) is 2.00. The van der Waals surface area contributed by atoms with Crippen LogP contribution in [0.25, 0.3) is 0 Å². The molecule has 0 saturated carbocycles. The summed E-state index contributed by atoms with van der Waals surface area (Å²) < 4.78 is 5.10. The Morgan fingerprint density at radius 3 is 2.71 bits per heavy atom. The first kappa shape index (κ1) is 8.97. The monoisotopic (exact) mass is 189 g/mol. The third-order valence-electron chi connectivity index (χ3n) is 2.05. The summed E-state index contributed by atoms with van der Waals surface area (Å²) in [5.74, 6) is 0.599. The molecule has 14 heavy (non-hydrogen) atoms. The van der Waals surface area contributed by atoms with E-state index in [1.165, 1.54) is 0 Å². The molecule has 72 valence electrons. The quantitative estimate of drug-likeness (QED) is 0.802. The maximum Gasteiger partial charge on any atom is 0.132 e. The van der Waals surface area contributed by atoms with Gasteiger partial charge >= 0.3 is 0 Å². The Hall–Kier alpha value is -1.61. The number of aliphatic hydroxyl groups excluding tert-OH is 1. The lowest BCUT2D eigenvalue weighted by atomic mass is 10.1. The molecule has 3 heteroatoms. The average Bonchev–Trinajstić information content (AvgIpc) is 2.72.